The highest BCUT2D eigenvalue weighted by atomic mass is 16.5. The number of ether oxygens (including phenoxy) is 1. The first-order valence-corrected chi connectivity index (χ1v) is 11.8. The first-order chi connectivity index (χ1) is 14.8. The predicted octanol–water partition coefficient (Wildman–Crippen LogP) is 2.84. The van der Waals surface area contributed by atoms with E-state index in [1.165, 1.54) is 18.5 Å². The number of carbonyl (C=O) groups is 1. The van der Waals surface area contributed by atoms with Gasteiger partial charge in [0.25, 0.3) is 5.91 Å². The van der Waals surface area contributed by atoms with Crippen molar-refractivity contribution in [2.45, 2.75) is 45.1 Å². The molecule has 3 saturated heterocycles. The summed E-state index contributed by atoms with van der Waals surface area (Å²) < 4.78 is 5.58. The Hall–Kier alpha value is -2.05. The van der Waals surface area contributed by atoms with Gasteiger partial charge >= 0.3 is 0 Å². The second kappa shape index (κ2) is 8.60. The number of nitrogens with one attached hydrogen (secondary N) is 1. The molecule has 4 aliphatic heterocycles. The number of benzene rings is 1. The zero-order valence-corrected chi connectivity index (χ0v) is 18.2. The van der Waals surface area contributed by atoms with Crippen LogP contribution >= 0.6 is 0 Å². The summed E-state index contributed by atoms with van der Waals surface area (Å²) in [5.74, 6) is 0.183. The van der Waals surface area contributed by atoms with Crippen molar-refractivity contribution in [3.8, 4) is 0 Å². The number of carbonyl (C=O) groups excluding carboxylic acids is 1. The van der Waals surface area contributed by atoms with Gasteiger partial charge in [0.15, 0.2) is 0 Å². The first-order valence-electron chi connectivity index (χ1n) is 11.8. The normalized spacial score (nSPS) is 26.1. The minimum Gasteiger partial charge on any atom is -0.386 e. The summed E-state index contributed by atoms with van der Waals surface area (Å²) >= 11 is 0. The molecule has 0 atom stereocenters. The highest BCUT2D eigenvalue weighted by Gasteiger charge is 2.39. The molecule has 30 heavy (non-hydrogen) atoms. The molecule has 1 aromatic rings. The second-order valence-corrected chi connectivity index (χ2v) is 8.88. The van der Waals surface area contributed by atoms with Crippen molar-refractivity contribution in [1.82, 2.24) is 10.2 Å². The molecule has 6 nitrogen and oxygen atoms in total. The molecule has 162 valence electrons. The van der Waals surface area contributed by atoms with Crippen LogP contribution in [0.4, 0.5) is 11.4 Å². The summed E-state index contributed by atoms with van der Waals surface area (Å²) in [6.45, 7) is 9.93. The van der Waals surface area contributed by atoms with Gasteiger partial charge in [0.2, 0.25) is 0 Å². The SMILES string of the molecule is CCN1CCN/C(=C2\C(=O)N(C3CCOCC3)c3ccc(N4CCCC4)cc32)CC1. The van der Waals surface area contributed by atoms with Crippen LogP contribution in [0.1, 0.15) is 44.6 Å². The topological polar surface area (TPSA) is 48.1 Å². The molecule has 4 aliphatic rings. The number of hydrogen-bond donors (Lipinski definition) is 1. The van der Waals surface area contributed by atoms with Crippen LogP contribution in [0.25, 0.3) is 5.57 Å². The lowest BCUT2D eigenvalue weighted by Crippen LogP contribution is -2.41. The largest absolute Gasteiger partial charge is 0.386 e. The quantitative estimate of drug-likeness (QED) is 0.777. The fourth-order valence-corrected chi connectivity index (χ4v) is 5.41. The first kappa shape index (κ1) is 19.9. The summed E-state index contributed by atoms with van der Waals surface area (Å²) in [6, 6.07) is 6.93. The van der Waals surface area contributed by atoms with E-state index in [2.05, 4.69) is 45.1 Å². The fraction of sp³-hybridized carbons (Fsp3) is 0.625. The fourth-order valence-electron chi connectivity index (χ4n) is 5.41. The summed E-state index contributed by atoms with van der Waals surface area (Å²) in [4.78, 5) is 20.8. The van der Waals surface area contributed by atoms with Crippen LogP contribution < -0.4 is 15.1 Å². The van der Waals surface area contributed by atoms with Gasteiger partial charge in [0, 0.05) is 75.3 Å². The van der Waals surface area contributed by atoms with Gasteiger partial charge in [-0.2, -0.15) is 0 Å². The minimum absolute atomic E-state index is 0.183. The van der Waals surface area contributed by atoms with Gasteiger partial charge in [-0.3, -0.25) is 4.79 Å². The highest BCUT2D eigenvalue weighted by molar-refractivity contribution is 6.33. The van der Waals surface area contributed by atoms with Gasteiger partial charge in [0.1, 0.15) is 0 Å². The van der Waals surface area contributed by atoms with E-state index < -0.39 is 0 Å². The Morgan fingerprint density at radius 1 is 1.10 bits per heavy atom. The standard InChI is InChI=1S/C24H34N4O2/c1-2-26-13-7-21(25-10-14-26)23-20-17-19(27-11-3-4-12-27)5-6-22(20)28(24(23)29)18-8-15-30-16-9-18/h5-6,17-18,25H,2-4,7-16H2,1H3/b23-21-. The lowest BCUT2D eigenvalue weighted by atomic mass is 10.0. The molecule has 3 fully saturated rings. The molecule has 0 bridgehead atoms. The Morgan fingerprint density at radius 3 is 2.67 bits per heavy atom. The number of hydrogen-bond acceptors (Lipinski definition) is 5. The smallest absolute Gasteiger partial charge is 0.260 e. The van der Waals surface area contributed by atoms with Crippen molar-refractivity contribution >= 4 is 22.9 Å². The Balaban J connectivity index is 1.56. The van der Waals surface area contributed by atoms with Crippen molar-refractivity contribution in [2.75, 3.05) is 62.3 Å². The molecule has 0 spiro atoms. The summed E-state index contributed by atoms with van der Waals surface area (Å²) in [5, 5.41) is 3.62. The maximum absolute atomic E-state index is 13.8. The number of rotatable bonds is 3. The average Bonchev–Trinajstić information content (AvgIpc) is 3.34. The molecule has 1 amide bonds. The molecular weight excluding hydrogens is 376 g/mol. The van der Waals surface area contributed by atoms with E-state index in [0.29, 0.717) is 0 Å². The van der Waals surface area contributed by atoms with E-state index in [9.17, 15) is 4.79 Å². The van der Waals surface area contributed by atoms with Crippen molar-refractivity contribution in [3.63, 3.8) is 0 Å². The molecular formula is C24H34N4O2. The number of likely N-dealkylation sites (N-methyl/N-ethyl adjacent to an activating group) is 1. The number of amides is 1. The molecule has 1 aromatic carbocycles. The summed E-state index contributed by atoms with van der Waals surface area (Å²) in [5.41, 5.74) is 5.52. The monoisotopic (exact) mass is 410 g/mol. The van der Waals surface area contributed by atoms with E-state index in [0.717, 1.165) is 94.3 Å². The summed E-state index contributed by atoms with van der Waals surface area (Å²) in [7, 11) is 0. The Bertz CT molecular complexity index is 824. The zero-order chi connectivity index (χ0) is 20.5. The third-order valence-electron chi connectivity index (χ3n) is 7.16. The van der Waals surface area contributed by atoms with Gasteiger partial charge in [-0.25, -0.2) is 0 Å². The predicted molar refractivity (Wildman–Crippen MR) is 121 cm³/mol. The number of fused-ring (bicyclic) bond motifs is 1. The molecule has 5 rings (SSSR count). The van der Waals surface area contributed by atoms with Crippen LogP contribution in [-0.4, -0.2) is 69.3 Å². The number of nitrogens with zero attached hydrogens (tertiary/aromatic N) is 3. The highest BCUT2D eigenvalue weighted by Crippen LogP contribution is 2.43. The van der Waals surface area contributed by atoms with Gasteiger partial charge in [-0.05, 0) is 50.4 Å². The van der Waals surface area contributed by atoms with E-state index in [4.69, 9.17) is 4.74 Å². The lowest BCUT2D eigenvalue weighted by molar-refractivity contribution is -0.113. The third-order valence-corrected chi connectivity index (χ3v) is 7.16. The van der Waals surface area contributed by atoms with E-state index in [1.54, 1.807) is 0 Å². The Kier molecular flexibility index (Phi) is 5.70. The zero-order valence-electron chi connectivity index (χ0n) is 18.2. The second-order valence-electron chi connectivity index (χ2n) is 8.88. The molecule has 4 heterocycles. The number of anilines is 2. The van der Waals surface area contributed by atoms with Crippen molar-refractivity contribution in [1.29, 1.82) is 0 Å². The van der Waals surface area contributed by atoms with E-state index >= 15 is 0 Å². The van der Waals surface area contributed by atoms with Crippen LogP contribution in [0.5, 0.6) is 0 Å². The van der Waals surface area contributed by atoms with Gasteiger partial charge in [-0.15, -0.1) is 0 Å². The Labute approximate surface area is 179 Å². The van der Waals surface area contributed by atoms with Crippen LogP contribution in [-0.2, 0) is 9.53 Å². The molecule has 6 heteroatoms. The molecule has 0 aliphatic carbocycles. The maximum atomic E-state index is 13.8. The summed E-state index contributed by atoms with van der Waals surface area (Å²) in [6.07, 6.45) is 5.25. The van der Waals surface area contributed by atoms with E-state index in [1.807, 2.05) is 0 Å². The van der Waals surface area contributed by atoms with Crippen LogP contribution in [0.2, 0.25) is 0 Å². The molecule has 0 unspecified atom stereocenters. The van der Waals surface area contributed by atoms with Crippen molar-refractivity contribution in [2.24, 2.45) is 0 Å². The van der Waals surface area contributed by atoms with Gasteiger partial charge in [0.05, 0.1) is 11.3 Å². The van der Waals surface area contributed by atoms with Crippen molar-refractivity contribution in [3.05, 3.63) is 29.5 Å². The maximum Gasteiger partial charge on any atom is 0.260 e. The third kappa shape index (κ3) is 3.60. The lowest BCUT2D eigenvalue weighted by Gasteiger charge is -2.31. The van der Waals surface area contributed by atoms with Crippen LogP contribution in [0.15, 0.2) is 23.9 Å². The van der Waals surface area contributed by atoms with Crippen LogP contribution in [0.3, 0.4) is 0 Å². The van der Waals surface area contributed by atoms with E-state index in [-0.39, 0.29) is 11.9 Å². The van der Waals surface area contributed by atoms with Crippen LogP contribution in [0, 0.1) is 0 Å². The Morgan fingerprint density at radius 2 is 1.90 bits per heavy atom. The molecule has 0 aromatic heterocycles. The molecule has 0 radical (unpaired) electrons. The van der Waals surface area contributed by atoms with Gasteiger partial charge in [-0.1, -0.05) is 6.92 Å². The van der Waals surface area contributed by atoms with Crippen molar-refractivity contribution < 1.29 is 9.53 Å². The van der Waals surface area contributed by atoms with Gasteiger partial charge < -0.3 is 24.8 Å². The minimum atomic E-state index is 0.183. The molecule has 1 N–H and O–H groups in total. The average molecular weight is 411 g/mol. The molecule has 0 saturated carbocycles.